The number of alkyl halides is 1. The Kier molecular flexibility index (Phi) is 3.52. The van der Waals surface area contributed by atoms with Crippen molar-refractivity contribution in [1.82, 2.24) is 19.5 Å². The highest BCUT2D eigenvalue weighted by atomic mass is 19.1. The van der Waals surface area contributed by atoms with Gasteiger partial charge in [-0.25, -0.2) is 14.4 Å². The summed E-state index contributed by atoms with van der Waals surface area (Å²) in [7, 11) is 0. The number of ether oxygens (including phenoxy) is 2. The van der Waals surface area contributed by atoms with Crippen LogP contribution in [0, 0.1) is 0 Å². The zero-order valence-electron chi connectivity index (χ0n) is 11.1. The first-order chi connectivity index (χ1) is 10.1. The number of halogens is 1. The minimum atomic E-state index is -1.29. The summed E-state index contributed by atoms with van der Waals surface area (Å²) < 4.78 is 25.8. The van der Waals surface area contributed by atoms with Crippen LogP contribution < -0.4 is 4.74 Å². The fraction of sp³-hybridized carbons (Fsp3) is 0.500. The summed E-state index contributed by atoms with van der Waals surface area (Å²) in [5.74, 6) is -0.524. The van der Waals surface area contributed by atoms with Gasteiger partial charge in [0.2, 0.25) is 0 Å². The summed E-state index contributed by atoms with van der Waals surface area (Å²) in [5, 5.41) is 9.06. The molecule has 1 N–H and O–H groups in total. The zero-order valence-corrected chi connectivity index (χ0v) is 11.1. The third-order valence-corrected chi connectivity index (χ3v) is 3.17. The predicted molar refractivity (Wildman–Crippen MR) is 67.1 cm³/mol. The van der Waals surface area contributed by atoms with Crippen molar-refractivity contribution in [2.45, 2.75) is 31.8 Å². The highest BCUT2D eigenvalue weighted by Gasteiger charge is 2.37. The number of aliphatic hydroxyl groups is 1. The Bertz CT molecular complexity index is 676. The number of aromatic nitrogens is 4. The Hall–Kier alpha value is -2.13. The monoisotopic (exact) mass is 296 g/mol. The van der Waals surface area contributed by atoms with Crippen LogP contribution in [0.1, 0.15) is 19.6 Å². The standard InChI is InChI=1S/C12H13FN4O4/c1-6(19)20-11-9-10(14-4-15-11)17(5-16-9)12-8(13)2-7(3-18)21-12/h4-5,7-8,12,18H,2-3H2,1H3/t7-,8+,12+/m0/s1. The molecule has 9 heteroatoms. The molecule has 0 unspecified atom stereocenters. The van der Waals surface area contributed by atoms with Crippen LogP contribution in [0.25, 0.3) is 11.2 Å². The molecule has 0 aliphatic carbocycles. The molecule has 3 atom stereocenters. The van der Waals surface area contributed by atoms with Gasteiger partial charge < -0.3 is 14.6 Å². The van der Waals surface area contributed by atoms with E-state index in [-0.39, 0.29) is 24.4 Å². The van der Waals surface area contributed by atoms with Crippen LogP contribution in [-0.2, 0) is 9.53 Å². The van der Waals surface area contributed by atoms with Gasteiger partial charge in [0, 0.05) is 13.3 Å². The van der Waals surface area contributed by atoms with Gasteiger partial charge in [-0.3, -0.25) is 9.36 Å². The molecule has 112 valence electrons. The first kappa shape index (κ1) is 13.8. The van der Waals surface area contributed by atoms with E-state index in [1.807, 2.05) is 0 Å². The minimum absolute atomic E-state index is 0.0124. The molecule has 8 nitrogen and oxygen atoms in total. The molecule has 21 heavy (non-hydrogen) atoms. The largest absolute Gasteiger partial charge is 0.405 e. The summed E-state index contributed by atoms with van der Waals surface area (Å²) in [6.45, 7) is 0.992. The number of rotatable bonds is 3. The number of imidazole rings is 1. The molecule has 2 aromatic heterocycles. The van der Waals surface area contributed by atoms with E-state index in [0.717, 1.165) is 0 Å². The highest BCUT2D eigenvalue weighted by molar-refractivity contribution is 5.80. The van der Waals surface area contributed by atoms with E-state index in [0.29, 0.717) is 5.65 Å². The summed E-state index contributed by atoms with van der Waals surface area (Å²) in [6, 6.07) is 0. The lowest BCUT2D eigenvalue weighted by Crippen LogP contribution is -2.17. The van der Waals surface area contributed by atoms with Crippen LogP contribution in [0.4, 0.5) is 4.39 Å². The molecule has 1 saturated heterocycles. The van der Waals surface area contributed by atoms with Gasteiger partial charge in [0.25, 0.3) is 5.88 Å². The van der Waals surface area contributed by atoms with Gasteiger partial charge in [-0.05, 0) is 0 Å². The van der Waals surface area contributed by atoms with Crippen molar-refractivity contribution in [2.75, 3.05) is 6.61 Å². The van der Waals surface area contributed by atoms with E-state index in [2.05, 4.69) is 15.0 Å². The van der Waals surface area contributed by atoms with Crippen molar-refractivity contribution in [3.63, 3.8) is 0 Å². The summed E-state index contributed by atoms with van der Waals surface area (Å²) in [4.78, 5) is 22.9. The first-order valence-electron chi connectivity index (χ1n) is 6.36. The van der Waals surface area contributed by atoms with E-state index in [1.54, 1.807) is 0 Å². The fourth-order valence-corrected chi connectivity index (χ4v) is 2.29. The van der Waals surface area contributed by atoms with Gasteiger partial charge >= 0.3 is 5.97 Å². The summed E-state index contributed by atoms with van der Waals surface area (Å²) in [5.41, 5.74) is 0.545. The van der Waals surface area contributed by atoms with Crippen molar-refractivity contribution >= 4 is 17.1 Å². The second-order valence-corrected chi connectivity index (χ2v) is 4.68. The lowest BCUT2D eigenvalue weighted by molar-refractivity contribution is -0.132. The smallest absolute Gasteiger partial charge is 0.309 e. The molecule has 1 fully saturated rings. The fourth-order valence-electron chi connectivity index (χ4n) is 2.29. The SMILES string of the molecule is CC(=O)Oc1ncnc2c1ncn2[C@@H]1O[C@H](CO)C[C@H]1F. The second-order valence-electron chi connectivity index (χ2n) is 4.68. The van der Waals surface area contributed by atoms with Gasteiger partial charge in [-0.1, -0.05) is 0 Å². The Morgan fingerprint density at radius 3 is 3.05 bits per heavy atom. The molecule has 0 aromatic carbocycles. The third kappa shape index (κ3) is 2.45. The maximum absolute atomic E-state index is 14.0. The molecular formula is C12H13FN4O4. The third-order valence-electron chi connectivity index (χ3n) is 3.17. The van der Waals surface area contributed by atoms with E-state index in [4.69, 9.17) is 14.6 Å². The molecular weight excluding hydrogens is 283 g/mol. The number of fused-ring (bicyclic) bond motifs is 1. The Balaban J connectivity index is 1.99. The van der Waals surface area contributed by atoms with Crippen molar-refractivity contribution in [2.24, 2.45) is 0 Å². The molecule has 3 heterocycles. The lowest BCUT2D eigenvalue weighted by atomic mass is 10.2. The van der Waals surface area contributed by atoms with Crippen molar-refractivity contribution < 1.29 is 23.8 Å². The Morgan fingerprint density at radius 1 is 1.57 bits per heavy atom. The van der Waals surface area contributed by atoms with Crippen LogP contribution in [0.15, 0.2) is 12.7 Å². The zero-order chi connectivity index (χ0) is 15.0. The first-order valence-corrected chi connectivity index (χ1v) is 6.36. The Labute approximate surface area is 118 Å². The van der Waals surface area contributed by atoms with E-state index >= 15 is 0 Å². The molecule has 0 bridgehead atoms. The van der Waals surface area contributed by atoms with Crippen LogP contribution in [0.2, 0.25) is 0 Å². The average molecular weight is 296 g/mol. The molecule has 3 rings (SSSR count). The topological polar surface area (TPSA) is 99.4 Å². The quantitative estimate of drug-likeness (QED) is 0.817. The number of carbonyl (C=O) groups is 1. The highest BCUT2D eigenvalue weighted by Crippen LogP contribution is 2.33. The van der Waals surface area contributed by atoms with Crippen LogP contribution in [-0.4, -0.2) is 49.5 Å². The van der Waals surface area contributed by atoms with Gasteiger partial charge in [0.05, 0.1) is 19.0 Å². The van der Waals surface area contributed by atoms with Crippen LogP contribution in [0.5, 0.6) is 5.88 Å². The molecule has 1 aliphatic heterocycles. The second kappa shape index (κ2) is 5.34. The predicted octanol–water partition coefficient (Wildman–Crippen LogP) is 0.369. The van der Waals surface area contributed by atoms with Crippen molar-refractivity contribution in [3.8, 4) is 5.88 Å². The van der Waals surface area contributed by atoms with Crippen LogP contribution >= 0.6 is 0 Å². The number of aliphatic hydroxyl groups excluding tert-OH is 1. The normalized spacial score (nSPS) is 25.4. The van der Waals surface area contributed by atoms with Gasteiger partial charge in [0.15, 0.2) is 17.4 Å². The maximum atomic E-state index is 14.0. The molecule has 2 aromatic rings. The van der Waals surface area contributed by atoms with Gasteiger partial charge in [-0.2, -0.15) is 4.98 Å². The molecule has 0 radical (unpaired) electrons. The lowest BCUT2D eigenvalue weighted by Gasteiger charge is -2.15. The summed E-state index contributed by atoms with van der Waals surface area (Å²) >= 11 is 0. The number of nitrogens with zero attached hydrogens (tertiary/aromatic N) is 4. The van der Waals surface area contributed by atoms with Gasteiger partial charge in [-0.15, -0.1) is 0 Å². The van der Waals surface area contributed by atoms with Crippen molar-refractivity contribution in [3.05, 3.63) is 12.7 Å². The minimum Gasteiger partial charge on any atom is -0.405 e. The van der Waals surface area contributed by atoms with Crippen molar-refractivity contribution in [1.29, 1.82) is 0 Å². The van der Waals surface area contributed by atoms with Crippen LogP contribution in [0.3, 0.4) is 0 Å². The maximum Gasteiger partial charge on any atom is 0.309 e. The van der Waals surface area contributed by atoms with E-state index in [1.165, 1.54) is 24.1 Å². The average Bonchev–Trinajstić information content (AvgIpc) is 3.02. The van der Waals surface area contributed by atoms with E-state index in [9.17, 15) is 9.18 Å². The van der Waals surface area contributed by atoms with E-state index < -0.39 is 24.5 Å². The number of hydrogen-bond donors (Lipinski definition) is 1. The van der Waals surface area contributed by atoms with Gasteiger partial charge in [0.1, 0.15) is 12.5 Å². The number of hydrogen-bond acceptors (Lipinski definition) is 7. The molecule has 0 amide bonds. The number of carbonyl (C=O) groups excluding carboxylic acids is 1. The molecule has 1 aliphatic rings. The number of esters is 1. The Morgan fingerprint density at radius 2 is 2.38 bits per heavy atom. The molecule has 0 saturated carbocycles. The molecule has 0 spiro atoms. The summed E-state index contributed by atoms with van der Waals surface area (Å²) in [6.07, 6.45) is -0.118.